The van der Waals surface area contributed by atoms with E-state index in [9.17, 15) is 4.79 Å². The third-order valence-corrected chi connectivity index (χ3v) is 2.69. The lowest BCUT2D eigenvalue weighted by molar-refractivity contribution is -0.134. The van der Waals surface area contributed by atoms with Crippen molar-refractivity contribution in [3.05, 3.63) is 0 Å². The van der Waals surface area contributed by atoms with Crippen molar-refractivity contribution in [2.24, 2.45) is 17.6 Å². The van der Waals surface area contributed by atoms with Crippen molar-refractivity contribution >= 4 is 5.91 Å². The molecule has 0 saturated heterocycles. The van der Waals surface area contributed by atoms with Gasteiger partial charge in [0.05, 0.1) is 5.92 Å². The minimum Gasteiger partial charge on any atom is -0.345 e. The van der Waals surface area contributed by atoms with Crippen LogP contribution in [0.25, 0.3) is 0 Å². The van der Waals surface area contributed by atoms with E-state index in [4.69, 9.17) is 5.73 Å². The van der Waals surface area contributed by atoms with E-state index in [1.165, 1.54) is 0 Å². The maximum atomic E-state index is 11.9. The molecule has 0 heterocycles. The lowest BCUT2D eigenvalue weighted by Gasteiger charge is -2.23. The first-order valence-electron chi connectivity index (χ1n) is 5.97. The van der Waals surface area contributed by atoms with E-state index >= 15 is 0 Å². The van der Waals surface area contributed by atoms with Crippen LogP contribution in [0.1, 0.15) is 40.0 Å². The summed E-state index contributed by atoms with van der Waals surface area (Å²) in [6.07, 6.45) is 2.98. The molecule has 3 nitrogen and oxygen atoms in total. The van der Waals surface area contributed by atoms with Gasteiger partial charge in [-0.3, -0.25) is 4.79 Å². The van der Waals surface area contributed by atoms with E-state index in [0.717, 1.165) is 25.8 Å². The zero-order valence-electron chi connectivity index (χ0n) is 10.6. The first-order valence-corrected chi connectivity index (χ1v) is 5.97. The van der Waals surface area contributed by atoms with E-state index in [-0.39, 0.29) is 11.8 Å². The molecule has 3 heteroatoms. The lowest BCUT2D eigenvalue weighted by atomic mass is 10.0. The first kappa shape index (κ1) is 14.4. The molecule has 90 valence electrons. The Morgan fingerprint density at radius 2 is 1.93 bits per heavy atom. The monoisotopic (exact) mass is 214 g/mol. The van der Waals surface area contributed by atoms with Crippen molar-refractivity contribution in [3.8, 4) is 0 Å². The van der Waals surface area contributed by atoms with Gasteiger partial charge in [-0.25, -0.2) is 0 Å². The Kier molecular flexibility index (Phi) is 7.39. The van der Waals surface area contributed by atoms with E-state index in [1.54, 1.807) is 0 Å². The van der Waals surface area contributed by atoms with Gasteiger partial charge < -0.3 is 10.6 Å². The molecule has 1 atom stereocenters. The Morgan fingerprint density at radius 3 is 2.33 bits per heavy atom. The van der Waals surface area contributed by atoms with E-state index in [1.807, 2.05) is 11.9 Å². The van der Waals surface area contributed by atoms with Gasteiger partial charge in [-0.15, -0.1) is 0 Å². The lowest BCUT2D eigenvalue weighted by Crippen LogP contribution is -2.37. The first-order chi connectivity index (χ1) is 7.02. The van der Waals surface area contributed by atoms with Gasteiger partial charge in [0.15, 0.2) is 0 Å². The van der Waals surface area contributed by atoms with Gasteiger partial charge in [-0.1, -0.05) is 27.2 Å². The standard InChI is InChI=1S/C12H26N2O/c1-5-6-11(9-13)12(15)14(4)8-7-10(2)3/h10-11H,5-9,13H2,1-4H3. The summed E-state index contributed by atoms with van der Waals surface area (Å²) in [4.78, 5) is 13.7. The summed E-state index contributed by atoms with van der Waals surface area (Å²) in [5.74, 6) is 0.870. The summed E-state index contributed by atoms with van der Waals surface area (Å²) in [5.41, 5.74) is 5.61. The molecule has 2 N–H and O–H groups in total. The summed E-state index contributed by atoms with van der Waals surface area (Å²) < 4.78 is 0. The highest BCUT2D eigenvalue weighted by Crippen LogP contribution is 2.09. The van der Waals surface area contributed by atoms with Crippen molar-refractivity contribution in [1.29, 1.82) is 0 Å². The second kappa shape index (κ2) is 7.69. The van der Waals surface area contributed by atoms with Crippen LogP contribution >= 0.6 is 0 Å². The maximum Gasteiger partial charge on any atom is 0.226 e. The zero-order valence-corrected chi connectivity index (χ0v) is 10.6. The number of nitrogens with two attached hydrogens (primary N) is 1. The second-order valence-electron chi connectivity index (χ2n) is 4.66. The molecule has 1 amide bonds. The predicted octanol–water partition coefficient (Wildman–Crippen LogP) is 1.87. The van der Waals surface area contributed by atoms with Gasteiger partial charge in [0.1, 0.15) is 0 Å². The van der Waals surface area contributed by atoms with Crippen LogP contribution in [0.3, 0.4) is 0 Å². The van der Waals surface area contributed by atoms with Gasteiger partial charge in [0.2, 0.25) is 5.91 Å². The molecule has 0 radical (unpaired) electrons. The Bertz CT molecular complexity index is 180. The van der Waals surface area contributed by atoms with Gasteiger partial charge >= 0.3 is 0 Å². The Labute approximate surface area is 94.0 Å². The average Bonchev–Trinajstić information content (AvgIpc) is 2.21. The van der Waals surface area contributed by atoms with Crippen molar-refractivity contribution < 1.29 is 4.79 Å². The summed E-state index contributed by atoms with van der Waals surface area (Å²) in [6.45, 7) is 7.75. The zero-order chi connectivity index (χ0) is 11.8. The van der Waals surface area contributed by atoms with Crippen LogP contribution < -0.4 is 5.73 Å². The molecule has 15 heavy (non-hydrogen) atoms. The van der Waals surface area contributed by atoms with Crippen LogP contribution in [-0.4, -0.2) is 30.9 Å². The molecule has 1 unspecified atom stereocenters. The number of rotatable bonds is 7. The minimum absolute atomic E-state index is 0.0205. The molecule has 0 aliphatic rings. The van der Waals surface area contributed by atoms with Crippen LogP contribution in [0.15, 0.2) is 0 Å². The molecule has 0 aliphatic carbocycles. The Morgan fingerprint density at radius 1 is 1.33 bits per heavy atom. The summed E-state index contributed by atoms with van der Waals surface area (Å²) in [5, 5.41) is 0. The Hall–Kier alpha value is -0.570. The SMILES string of the molecule is CCCC(CN)C(=O)N(C)CCC(C)C. The van der Waals surface area contributed by atoms with Crippen LogP contribution in [0.5, 0.6) is 0 Å². The van der Waals surface area contributed by atoms with Gasteiger partial charge in [0, 0.05) is 20.1 Å². The van der Waals surface area contributed by atoms with Crippen molar-refractivity contribution in [3.63, 3.8) is 0 Å². The number of amides is 1. The average molecular weight is 214 g/mol. The largest absolute Gasteiger partial charge is 0.345 e. The van der Waals surface area contributed by atoms with E-state index < -0.39 is 0 Å². The highest BCUT2D eigenvalue weighted by molar-refractivity contribution is 5.78. The summed E-state index contributed by atoms with van der Waals surface area (Å²) >= 11 is 0. The van der Waals surface area contributed by atoms with Gasteiger partial charge in [-0.05, 0) is 18.8 Å². The molecule has 0 spiro atoms. The molecular weight excluding hydrogens is 188 g/mol. The van der Waals surface area contributed by atoms with Gasteiger partial charge in [-0.2, -0.15) is 0 Å². The molecule has 0 aromatic carbocycles. The number of hydrogen-bond acceptors (Lipinski definition) is 2. The Balaban J connectivity index is 4.04. The molecular formula is C12H26N2O. The summed E-state index contributed by atoms with van der Waals surface area (Å²) in [6, 6.07) is 0. The highest BCUT2D eigenvalue weighted by atomic mass is 16.2. The number of carbonyl (C=O) groups is 1. The van der Waals surface area contributed by atoms with Crippen molar-refractivity contribution in [2.45, 2.75) is 40.0 Å². The van der Waals surface area contributed by atoms with E-state index in [2.05, 4.69) is 20.8 Å². The molecule has 0 aromatic rings. The highest BCUT2D eigenvalue weighted by Gasteiger charge is 2.19. The van der Waals surface area contributed by atoms with E-state index in [0.29, 0.717) is 12.5 Å². The predicted molar refractivity (Wildman–Crippen MR) is 64.5 cm³/mol. The van der Waals surface area contributed by atoms with Crippen molar-refractivity contribution in [1.82, 2.24) is 4.90 Å². The fourth-order valence-corrected chi connectivity index (χ4v) is 1.56. The summed E-state index contributed by atoms with van der Waals surface area (Å²) in [7, 11) is 1.88. The van der Waals surface area contributed by atoms with Gasteiger partial charge in [0.25, 0.3) is 0 Å². The third kappa shape index (κ3) is 5.78. The third-order valence-electron chi connectivity index (χ3n) is 2.69. The molecule has 0 rings (SSSR count). The normalized spacial score (nSPS) is 12.9. The number of nitrogens with zero attached hydrogens (tertiary/aromatic N) is 1. The second-order valence-corrected chi connectivity index (χ2v) is 4.66. The fraction of sp³-hybridized carbons (Fsp3) is 0.917. The topological polar surface area (TPSA) is 46.3 Å². The molecule has 0 fully saturated rings. The maximum absolute atomic E-state index is 11.9. The smallest absolute Gasteiger partial charge is 0.226 e. The molecule has 0 aromatic heterocycles. The van der Waals surface area contributed by atoms with Crippen LogP contribution in [0.4, 0.5) is 0 Å². The number of hydrogen-bond donors (Lipinski definition) is 1. The molecule has 0 aliphatic heterocycles. The number of carbonyl (C=O) groups excluding carboxylic acids is 1. The molecule has 0 saturated carbocycles. The van der Waals surface area contributed by atoms with Crippen LogP contribution in [0, 0.1) is 11.8 Å². The quantitative estimate of drug-likeness (QED) is 0.703. The fourth-order valence-electron chi connectivity index (χ4n) is 1.56. The van der Waals surface area contributed by atoms with Crippen LogP contribution in [-0.2, 0) is 4.79 Å². The molecule has 0 bridgehead atoms. The minimum atomic E-state index is 0.0205. The van der Waals surface area contributed by atoms with Crippen molar-refractivity contribution in [2.75, 3.05) is 20.1 Å². The van der Waals surface area contributed by atoms with Crippen LogP contribution in [0.2, 0.25) is 0 Å².